The summed E-state index contributed by atoms with van der Waals surface area (Å²) in [6.45, 7) is 3.48. The van der Waals surface area contributed by atoms with Gasteiger partial charge in [0.15, 0.2) is 0 Å². The summed E-state index contributed by atoms with van der Waals surface area (Å²) < 4.78 is 0. The highest BCUT2D eigenvalue weighted by atomic mass is 16.2. The van der Waals surface area contributed by atoms with Gasteiger partial charge in [0.05, 0.1) is 0 Å². The van der Waals surface area contributed by atoms with E-state index in [4.69, 9.17) is 0 Å². The quantitative estimate of drug-likeness (QED) is 0.821. The molecule has 0 aromatic heterocycles. The lowest BCUT2D eigenvalue weighted by Crippen LogP contribution is -2.45. The first-order chi connectivity index (χ1) is 10.7. The van der Waals surface area contributed by atoms with Crippen molar-refractivity contribution in [2.45, 2.75) is 51.5 Å². The molecule has 2 amide bonds. The molecule has 0 radical (unpaired) electrons. The molecule has 1 atom stereocenters. The van der Waals surface area contributed by atoms with E-state index in [0.29, 0.717) is 12.6 Å². The van der Waals surface area contributed by atoms with Crippen LogP contribution in [0.1, 0.15) is 44.6 Å². The zero-order valence-corrected chi connectivity index (χ0v) is 13.4. The Morgan fingerprint density at radius 1 is 1.23 bits per heavy atom. The Morgan fingerprint density at radius 3 is 2.73 bits per heavy atom. The van der Waals surface area contributed by atoms with E-state index in [9.17, 15) is 9.59 Å². The maximum Gasteiger partial charge on any atom is 0.232 e. The van der Waals surface area contributed by atoms with Crippen molar-refractivity contribution in [3.63, 3.8) is 0 Å². The molecule has 120 valence electrons. The van der Waals surface area contributed by atoms with Crippen LogP contribution in [0, 0.1) is 0 Å². The summed E-state index contributed by atoms with van der Waals surface area (Å²) in [6, 6.07) is 10.3. The smallest absolute Gasteiger partial charge is 0.232 e. The fourth-order valence-corrected chi connectivity index (χ4v) is 3.05. The lowest BCUT2D eigenvalue weighted by atomic mass is 9.99. The lowest BCUT2D eigenvalue weighted by molar-refractivity contribution is -0.139. The molecule has 1 fully saturated rings. The molecule has 22 heavy (non-hydrogen) atoms. The molecule has 1 aliphatic rings. The normalized spacial score (nSPS) is 18.0. The molecule has 1 aromatic carbocycles. The van der Waals surface area contributed by atoms with Gasteiger partial charge in [-0.15, -0.1) is 0 Å². The summed E-state index contributed by atoms with van der Waals surface area (Å²) in [7, 11) is 0. The SMILES string of the molecule is CCC1CCCCN1C(=O)CC(=O)NCCc1ccccc1. The second-order valence-corrected chi connectivity index (χ2v) is 5.91. The third-order valence-electron chi connectivity index (χ3n) is 4.31. The van der Waals surface area contributed by atoms with E-state index in [1.165, 1.54) is 12.0 Å². The highest BCUT2D eigenvalue weighted by Crippen LogP contribution is 2.20. The first kappa shape index (κ1) is 16.5. The van der Waals surface area contributed by atoms with Gasteiger partial charge in [0.25, 0.3) is 0 Å². The van der Waals surface area contributed by atoms with Gasteiger partial charge in [0, 0.05) is 19.1 Å². The summed E-state index contributed by atoms with van der Waals surface area (Å²) in [6.07, 6.45) is 5.05. The van der Waals surface area contributed by atoms with Gasteiger partial charge in [0.1, 0.15) is 6.42 Å². The predicted molar refractivity (Wildman–Crippen MR) is 87.4 cm³/mol. The zero-order valence-electron chi connectivity index (χ0n) is 13.4. The molecule has 4 nitrogen and oxygen atoms in total. The monoisotopic (exact) mass is 302 g/mol. The van der Waals surface area contributed by atoms with Crippen LogP contribution in [-0.2, 0) is 16.0 Å². The number of piperidine rings is 1. The van der Waals surface area contributed by atoms with Gasteiger partial charge in [-0.25, -0.2) is 0 Å². The predicted octanol–water partition coefficient (Wildman–Crippen LogP) is 2.53. The van der Waals surface area contributed by atoms with E-state index in [2.05, 4.69) is 12.2 Å². The Labute approximate surface area is 132 Å². The van der Waals surface area contributed by atoms with Gasteiger partial charge in [-0.2, -0.15) is 0 Å². The van der Waals surface area contributed by atoms with Crippen molar-refractivity contribution in [2.75, 3.05) is 13.1 Å². The van der Waals surface area contributed by atoms with Crippen molar-refractivity contribution in [2.24, 2.45) is 0 Å². The minimum atomic E-state index is -0.165. The van der Waals surface area contributed by atoms with E-state index in [-0.39, 0.29) is 18.2 Å². The van der Waals surface area contributed by atoms with E-state index >= 15 is 0 Å². The van der Waals surface area contributed by atoms with E-state index in [1.807, 2.05) is 35.2 Å². The number of benzene rings is 1. The highest BCUT2D eigenvalue weighted by Gasteiger charge is 2.26. The molecule has 0 bridgehead atoms. The Hall–Kier alpha value is -1.84. The van der Waals surface area contributed by atoms with Crippen molar-refractivity contribution < 1.29 is 9.59 Å². The van der Waals surface area contributed by atoms with Gasteiger partial charge < -0.3 is 10.2 Å². The van der Waals surface area contributed by atoms with Crippen molar-refractivity contribution >= 4 is 11.8 Å². The molecule has 0 saturated carbocycles. The van der Waals surface area contributed by atoms with Crippen LogP contribution in [0.3, 0.4) is 0 Å². The summed E-state index contributed by atoms with van der Waals surface area (Å²) in [5.41, 5.74) is 1.19. The van der Waals surface area contributed by atoms with E-state index in [0.717, 1.165) is 32.2 Å². The fourth-order valence-electron chi connectivity index (χ4n) is 3.05. The molecule has 4 heteroatoms. The van der Waals surface area contributed by atoms with Gasteiger partial charge in [-0.05, 0) is 37.7 Å². The first-order valence-corrected chi connectivity index (χ1v) is 8.30. The second-order valence-electron chi connectivity index (χ2n) is 5.91. The van der Waals surface area contributed by atoms with Crippen molar-refractivity contribution in [1.82, 2.24) is 10.2 Å². The molecule has 2 rings (SSSR count). The first-order valence-electron chi connectivity index (χ1n) is 8.30. The molecule has 1 heterocycles. The zero-order chi connectivity index (χ0) is 15.8. The summed E-state index contributed by atoms with van der Waals surface area (Å²) in [4.78, 5) is 26.1. The van der Waals surface area contributed by atoms with Crippen LogP contribution in [0.2, 0.25) is 0 Å². The molecular weight excluding hydrogens is 276 g/mol. The number of hydrogen-bond acceptors (Lipinski definition) is 2. The minimum absolute atomic E-state index is 0.0225. The molecule has 1 saturated heterocycles. The Balaban J connectivity index is 1.73. The maximum atomic E-state index is 12.3. The van der Waals surface area contributed by atoms with Crippen LogP contribution in [0.4, 0.5) is 0 Å². The average Bonchev–Trinajstić information content (AvgIpc) is 2.55. The molecule has 0 spiro atoms. The fraction of sp³-hybridized carbons (Fsp3) is 0.556. The van der Waals surface area contributed by atoms with Gasteiger partial charge in [-0.3, -0.25) is 9.59 Å². The van der Waals surface area contributed by atoms with Gasteiger partial charge >= 0.3 is 0 Å². The Bertz CT molecular complexity index is 487. The summed E-state index contributed by atoms with van der Waals surface area (Å²) in [5.74, 6) is -0.190. The number of carbonyl (C=O) groups excluding carboxylic acids is 2. The van der Waals surface area contributed by atoms with Crippen LogP contribution < -0.4 is 5.32 Å². The second kappa shape index (κ2) is 8.57. The average molecular weight is 302 g/mol. The van der Waals surface area contributed by atoms with E-state index in [1.54, 1.807) is 0 Å². The van der Waals surface area contributed by atoms with Crippen molar-refractivity contribution in [3.8, 4) is 0 Å². The number of likely N-dealkylation sites (tertiary alicyclic amines) is 1. The van der Waals surface area contributed by atoms with Crippen LogP contribution >= 0.6 is 0 Å². The Kier molecular flexibility index (Phi) is 6.44. The largest absolute Gasteiger partial charge is 0.355 e. The van der Waals surface area contributed by atoms with Gasteiger partial charge in [-0.1, -0.05) is 37.3 Å². The number of hydrogen-bond donors (Lipinski definition) is 1. The Morgan fingerprint density at radius 2 is 2.00 bits per heavy atom. The van der Waals surface area contributed by atoms with Crippen LogP contribution in [-0.4, -0.2) is 35.8 Å². The topological polar surface area (TPSA) is 49.4 Å². The van der Waals surface area contributed by atoms with Gasteiger partial charge in [0.2, 0.25) is 11.8 Å². The molecule has 1 unspecified atom stereocenters. The standard InChI is InChI=1S/C18H26N2O2/c1-2-16-10-6-7-13-20(16)18(22)14-17(21)19-12-11-15-8-4-3-5-9-15/h3-5,8-9,16H,2,6-7,10-14H2,1H3,(H,19,21). The number of rotatable bonds is 6. The number of amides is 2. The molecule has 1 aliphatic heterocycles. The minimum Gasteiger partial charge on any atom is -0.355 e. The molecule has 0 aliphatic carbocycles. The molecular formula is C18H26N2O2. The molecule has 1 aromatic rings. The van der Waals surface area contributed by atoms with Crippen molar-refractivity contribution in [3.05, 3.63) is 35.9 Å². The van der Waals surface area contributed by atoms with Crippen LogP contribution in [0.5, 0.6) is 0 Å². The maximum absolute atomic E-state index is 12.3. The van der Waals surface area contributed by atoms with E-state index < -0.39 is 0 Å². The highest BCUT2D eigenvalue weighted by molar-refractivity contribution is 5.97. The summed E-state index contributed by atoms with van der Waals surface area (Å²) >= 11 is 0. The lowest BCUT2D eigenvalue weighted by Gasteiger charge is -2.35. The third kappa shape index (κ3) is 4.86. The number of nitrogens with zero attached hydrogens (tertiary/aromatic N) is 1. The van der Waals surface area contributed by atoms with Crippen LogP contribution in [0.25, 0.3) is 0 Å². The number of carbonyl (C=O) groups is 2. The summed E-state index contributed by atoms with van der Waals surface area (Å²) in [5, 5.41) is 2.85. The number of nitrogens with one attached hydrogen (secondary N) is 1. The third-order valence-corrected chi connectivity index (χ3v) is 4.31. The van der Waals surface area contributed by atoms with Crippen LogP contribution in [0.15, 0.2) is 30.3 Å². The van der Waals surface area contributed by atoms with Crippen molar-refractivity contribution in [1.29, 1.82) is 0 Å². The molecule has 1 N–H and O–H groups in total.